The van der Waals surface area contributed by atoms with E-state index in [1.165, 1.54) is 4.31 Å². The number of benzene rings is 2. The number of amides is 1. The number of carbonyl (C=O) groups is 1. The van der Waals surface area contributed by atoms with Crippen LogP contribution in [0.25, 0.3) is 0 Å². The van der Waals surface area contributed by atoms with Crippen LogP contribution in [0.4, 0.5) is 0 Å². The van der Waals surface area contributed by atoms with E-state index >= 15 is 0 Å². The van der Waals surface area contributed by atoms with Crippen LogP contribution >= 0.6 is 0 Å². The van der Waals surface area contributed by atoms with E-state index in [1.54, 1.807) is 12.1 Å². The van der Waals surface area contributed by atoms with E-state index in [-0.39, 0.29) is 32.1 Å². The molecule has 0 aliphatic heterocycles. The first-order chi connectivity index (χ1) is 12.3. The molecule has 0 radical (unpaired) electrons. The quantitative estimate of drug-likeness (QED) is 0.726. The Morgan fingerprint density at radius 2 is 1.73 bits per heavy atom. The van der Waals surface area contributed by atoms with E-state index in [1.807, 2.05) is 49.4 Å². The minimum absolute atomic E-state index is 0.110. The van der Waals surface area contributed by atoms with Crippen LogP contribution in [0.15, 0.2) is 54.6 Å². The topological polar surface area (TPSA) is 75.7 Å². The molecule has 1 amide bonds. The molecule has 26 heavy (non-hydrogen) atoms. The van der Waals surface area contributed by atoms with Crippen molar-refractivity contribution in [1.29, 1.82) is 0 Å². The third kappa shape index (κ3) is 6.85. The Morgan fingerprint density at radius 1 is 1.08 bits per heavy atom. The molecule has 7 heteroatoms. The Hall–Kier alpha value is -2.38. The summed E-state index contributed by atoms with van der Waals surface area (Å²) < 4.78 is 30.6. The fourth-order valence-electron chi connectivity index (χ4n) is 2.30. The monoisotopic (exact) mass is 376 g/mol. The van der Waals surface area contributed by atoms with Gasteiger partial charge in [0.15, 0.2) is 6.61 Å². The van der Waals surface area contributed by atoms with Crippen molar-refractivity contribution in [2.24, 2.45) is 0 Å². The molecular weight excluding hydrogens is 352 g/mol. The summed E-state index contributed by atoms with van der Waals surface area (Å²) in [5, 5.41) is 2.68. The molecule has 0 unspecified atom stereocenters. The molecule has 0 heterocycles. The summed E-state index contributed by atoms with van der Waals surface area (Å²) in [7, 11) is -3.37. The average molecular weight is 376 g/mol. The van der Waals surface area contributed by atoms with Crippen molar-refractivity contribution < 1.29 is 17.9 Å². The molecule has 2 aromatic rings. The number of hydrogen-bond donors (Lipinski definition) is 1. The highest BCUT2D eigenvalue weighted by molar-refractivity contribution is 7.88. The number of carbonyl (C=O) groups excluding carboxylic acids is 1. The second-order valence-electron chi connectivity index (χ2n) is 6.03. The number of ether oxygens (including phenoxy) is 1. The third-order valence-corrected chi connectivity index (χ3v) is 4.99. The first kappa shape index (κ1) is 19.9. The van der Waals surface area contributed by atoms with Crippen molar-refractivity contribution in [1.82, 2.24) is 9.62 Å². The van der Waals surface area contributed by atoms with Crippen LogP contribution in [0.2, 0.25) is 0 Å². The van der Waals surface area contributed by atoms with Gasteiger partial charge in [-0.3, -0.25) is 4.79 Å². The normalized spacial score (nSPS) is 11.3. The molecule has 140 valence electrons. The van der Waals surface area contributed by atoms with Crippen molar-refractivity contribution in [2.75, 3.05) is 26.0 Å². The Bertz CT molecular complexity index is 805. The summed E-state index contributed by atoms with van der Waals surface area (Å²) in [6, 6.07) is 16.7. The molecule has 2 aromatic carbocycles. The average Bonchev–Trinajstić information content (AvgIpc) is 2.60. The molecule has 0 aromatic heterocycles. The van der Waals surface area contributed by atoms with Crippen LogP contribution in [0.5, 0.6) is 5.75 Å². The van der Waals surface area contributed by atoms with Crippen molar-refractivity contribution in [3.63, 3.8) is 0 Å². The first-order valence-electron chi connectivity index (χ1n) is 8.30. The summed E-state index contributed by atoms with van der Waals surface area (Å²) in [4.78, 5) is 11.9. The Kier molecular flexibility index (Phi) is 7.17. The van der Waals surface area contributed by atoms with Crippen molar-refractivity contribution in [3.8, 4) is 5.75 Å². The van der Waals surface area contributed by atoms with E-state index in [0.29, 0.717) is 5.75 Å². The highest BCUT2D eigenvalue weighted by Crippen LogP contribution is 2.11. The Morgan fingerprint density at radius 3 is 2.35 bits per heavy atom. The predicted octanol–water partition coefficient (Wildman–Crippen LogP) is 1.95. The maximum absolute atomic E-state index is 11.9. The molecule has 0 atom stereocenters. The van der Waals surface area contributed by atoms with Crippen molar-refractivity contribution in [2.45, 2.75) is 13.5 Å². The van der Waals surface area contributed by atoms with E-state index in [2.05, 4.69) is 5.32 Å². The molecule has 0 saturated carbocycles. The van der Waals surface area contributed by atoms with Gasteiger partial charge < -0.3 is 10.1 Å². The van der Waals surface area contributed by atoms with Crippen LogP contribution in [0.3, 0.4) is 0 Å². The smallest absolute Gasteiger partial charge is 0.257 e. The zero-order valence-corrected chi connectivity index (χ0v) is 15.8. The van der Waals surface area contributed by atoms with Gasteiger partial charge in [-0.2, -0.15) is 4.31 Å². The highest BCUT2D eigenvalue weighted by Gasteiger charge is 2.17. The zero-order valence-electron chi connectivity index (χ0n) is 15.0. The lowest BCUT2D eigenvalue weighted by molar-refractivity contribution is -0.123. The number of nitrogens with zero attached hydrogens (tertiary/aromatic N) is 1. The largest absolute Gasteiger partial charge is 0.484 e. The summed E-state index contributed by atoms with van der Waals surface area (Å²) >= 11 is 0. The van der Waals surface area contributed by atoms with E-state index in [0.717, 1.165) is 17.4 Å². The number of rotatable bonds is 9. The molecule has 6 nitrogen and oxygen atoms in total. The van der Waals surface area contributed by atoms with Crippen LogP contribution < -0.4 is 10.1 Å². The lowest BCUT2D eigenvalue weighted by Gasteiger charge is -2.20. The fourth-order valence-corrected chi connectivity index (χ4v) is 3.11. The van der Waals surface area contributed by atoms with Crippen molar-refractivity contribution in [3.05, 3.63) is 65.7 Å². The van der Waals surface area contributed by atoms with Crippen LogP contribution in [0, 0.1) is 6.92 Å². The molecular formula is C19H24N2O4S. The van der Waals surface area contributed by atoms with Gasteiger partial charge in [-0.15, -0.1) is 0 Å². The summed E-state index contributed by atoms with van der Waals surface area (Å²) in [5.41, 5.74) is 2.01. The van der Waals surface area contributed by atoms with Gasteiger partial charge in [-0.1, -0.05) is 48.0 Å². The standard InChI is InChI=1S/C19H24N2O4S/c1-16-8-10-18(11-9-16)25-15-19(22)20-12-13-21(26(2,23)24)14-17-6-4-3-5-7-17/h3-11H,12-15H2,1-2H3,(H,20,22). The summed E-state index contributed by atoms with van der Waals surface area (Å²) in [5.74, 6) is 0.325. The molecule has 0 spiro atoms. The van der Waals surface area contributed by atoms with Gasteiger partial charge in [0, 0.05) is 19.6 Å². The maximum atomic E-state index is 11.9. The number of nitrogens with one attached hydrogen (secondary N) is 1. The SMILES string of the molecule is Cc1ccc(OCC(=O)NCCN(Cc2ccccc2)S(C)(=O)=O)cc1. The zero-order chi connectivity index (χ0) is 19.0. The van der Waals surface area contributed by atoms with Crippen LogP contribution in [-0.2, 0) is 21.4 Å². The van der Waals surface area contributed by atoms with Gasteiger partial charge in [0.05, 0.1) is 6.26 Å². The van der Waals surface area contributed by atoms with Crippen molar-refractivity contribution >= 4 is 15.9 Å². The lowest BCUT2D eigenvalue weighted by Crippen LogP contribution is -2.39. The molecule has 0 fully saturated rings. The number of aryl methyl sites for hydroxylation is 1. The van der Waals surface area contributed by atoms with Crippen LogP contribution in [0.1, 0.15) is 11.1 Å². The second kappa shape index (κ2) is 9.35. The third-order valence-electron chi connectivity index (χ3n) is 3.75. The first-order valence-corrected chi connectivity index (χ1v) is 10.1. The predicted molar refractivity (Wildman–Crippen MR) is 101 cm³/mol. The molecule has 0 aliphatic carbocycles. The van der Waals surface area contributed by atoms with Gasteiger partial charge in [0.25, 0.3) is 5.91 Å². The van der Waals surface area contributed by atoms with Crippen LogP contribution in [-0.4, -0.2) is 44.6 Å². The Balaban J connectivity index is 1.79. The fraction of sp³-hybridized carbons (Fsp3) is 0.316. The van der Waals surface area contributed by atoms with E-state index in [4.69, 9.17) is 4.74 Å². The lowest BCUT2D eigenvalue weighted by atomic mass is 10.2. The number of sulfonamides is 1. The second-order valence-corrected chi connectivity index (χ2v) is 8.02. The molecule has 0 bridgehead atoms. The van der Waals surface area contributed by atoms with Gasteiger partial charge in [0.2, 0.25) is 10.0 Å². The molecule has 1 N–H and O–H groups in total. The summed E-state index contributed by atoms with van der Waals surface area (Å²) in [6.45, 7) is 2.55. The van der Waals surface area contributed by atoms with Gasteiger partial charge in [0.1, 0.15) is 5.75 Å². The van der Waals surface area contributed by atoms with Gasteiger partial charge in [-0.25, -0.2) is 8.42 Å². The minimum atomic E-state index is -3.37. The van der Waals surface area contributed by atoms with E-state index in [9.17, 15) is 13.2 Å². The molecule has 0 saturated heterocycles. The Labute approximate surface area is 154 Å². The minimum Gasteiger partial charge on any atom is -0.484 e. The summed E-state index contributed by atoms with van der Waals surface area (Å²) in [6.07, 6.45) is 1.16. The molecule has 2 rings (SSSR count). The van der Waals surface area contributed by atoms with E-state index < -0.39 is 10.0 Å². The molecule has 0 aliphatic rings. The number of hydrogen-bond acceptors (Lipinski definition) is 4. The maximum Gasteiger partial charge on any atom is 0.257 e. The van der Waals surface area contributed by atoms with Gasteiger partial charge >= 0.3 is 0 Å². The van der Waals surface area contributed by atoms with Gasteiger partial charge in [-0.05, 0) is 24.6 Å². The highest BCUT2D eigenvalue weighted by atomic mass is 32.2.